The van der Waals surface area contributed by atoms with Gasteiger partial charge in [-0.2, -0.15) is 0 Å². The highest BCUT2D eigenvalue weighted by atomic mass is 32.1. The van der Waals surface area contributed by atoms with Crippen LogP contribution in [0.3, 0.4) is 0 Å². The standard InChI is InChI=1S/C21H27N3O3S/c1-15-5-7-17(8-6-15)14-22-20(25)21(26)23-16(2)19(18-4-3-13-28-18)24-9-11-27-12-10-24/h3-8,13,16,19H,9-12,14H2,1-2H3,(H,22,25)(H,23,26). The fourth-order valence-corrected chi connectivity index (χ4v) is 4.34. The van der Waals surface area contributed by atoms with E-state index in [1.807, 2.05) is 49.6 Å². The van der Waals surface area contributed by atoms with Gasteiger partial charge in [-0.3, -0.25) is 14.5 Å². The predicted octanol–water partition coefficient (Wildman–Crippen LogP) is 2.25. The van der Waals surface area contributed by atoms with Crippen LogP contribution >= 0.6 is 11.3 Å². The summed E-state index contributed by atoms with van der Waals surface area (Å²) < 4.78 is 5.46. The average Bonchev–Trinajstić information content (AvgIpc) is 3.22. The highest BCUT2D eigenvalue weighted by Gasteiger charge is 2.30. The number of morpholine rings is 1. The number of ether oxygens (including phenoxy) is 1. The van der Waals surface area contributed by atoms with E-state index in [2.05, 4.69) is 21.6 Å². The van der Waals surface area contributed by atoms with Gasteiger partial charge >= 0.3 is 11.8 Å². The number of amides is 2. The molecule has 0 saturated carbocycles. The first-order chi connectivity index (χ1) is 13.5. The van der Waals surface area contributed by atoms with E-state index in [0.717, 1.165) is 24.2 Å². The molecule has 7 heteroatoms. The van der Waals surface area contributed by atoms with Crippen LogP contribution in [0.2, 0.25) is 0 Å². The van der Waals surface area contributed by atoms with Crippen molar-refractivity contribution in [2.75, 3.05) is 26.3 Å². The van der Waals surface area contributed by atoms with Crippen molar-refractivity contribution in [2.45, 2.75) is 32.5 Å². The first-order valence-corrected chi connectivity index (χ1v) is 10.4. The second-order valence-corrected chi connectivity index (χ2v) is 8.02. The lowest BCUT2D eigenvalue weighted by atomic mass is 10.1. The van der Waals surface area contributed by atoms with Crippen molar-refractivity contribution in [1.29, 1.82) is 0 Å². The predicted molar refractivity (Wildman–Crippen MR) is 110 cm³/mol. The Hall–Kier alpha value is -2.22. The summed E-state index contributed by atoms with van der Waals surface area (Å²) in [6.07, 6.45) is 0. The molecule has 2 amide bonds. The summed E-state index contributed by atoms with van der Waals surface area (Å²) in [6, 6.07) is 11.8. The molecule has 2 N–H and O–H groups in total. The van der Waals surface area contributed by atoms with Crippen LogP contribution in [-0.4, -0.2) is 49.1 Å². The highest BCUT2D eigenvalue weighted by Crippen LogP contribution is 2.29. The third kappa shape index (κ3) is 5.41. The summed E-state index contributed by atoms with van der Waals surface area (Å²) in [4.78, 5) is 28.2. The molecule has 2 unspecified atom stereocenters. The van der Waals surface area contributed by atoms with Gasteiger partial charge in [0.1, 0.15) is 0 Å². The lowest BCUT2D eigenvalue weighted by Gasteiger charge is -2.37. The lowest BCUT2D eigenvalue weighted by Crippen LogP contribution is -2.51. The quantitative estimate of drug-likeness (QED) is 0.729. The number of hydrogen-bond acceptors (Lipinski definition) is 5. The first kappa shape index (κ1) is 20.5. The molecule has 28 heavy (non-hydrogen) atoms. The largest absolute Gasteiger partial charge is 0.379 e. The minimum absolute atomic E-state index is 0.0257. The number of thiophene rings is 1. The molecule has 0 radical (unpaired) electrons. The molecule has 150 valence electrons. The van der Waals surface area contributed by atoms with Gasteiger partial charge in [0.05, 0.1) is 19.3 Å². The zero-order valence-corrected chi connectivity index (χ0v) is 17.1. The number of hydrogen-bond donors (Lipinski definition) is 2. The van der Waals surface area contributed by atoms with Crippen molar-refractivity contribution >= 4 is 23.2 Å². The van der Waals surface area contributed by atoms with Crippen LogP contribution < -0.4 is 10.6 Å². The molecule has 1 aliphatic heterocycles. The molecule has 2 aromatic rings. The Morgan fingerprint density at radius 2 is 1.86 bits per heavy atom. The Kier molecular flexibility index (Phi) is 7.19. The maximum absolute atomic E-state index is 12.4. The normalized spacial score (nSPS) is 16.9. The van der Waals surface area contributed by atoms with Gasteiger partial charge in [0.15, 0.2) is 0 Å². The van der Waals surface area contributed by atoms with Gasteiger partial charge in [0, 0.05) is 30.6 Å². The van der Waals surface area contributed by atoms with Crippen molar-refractivity contribution in [1.82, 2.24) is 15.5 Å². The number of nitrogens with one attached hydrogen (secondary N) is 2. The fraction of sp³-hybridized carbons (Fsp3) is 0.429. The highest BCUT2D eigenvalue weighted by molar-refractivity contribution is 7.10. The fourth-order valence-electron chi connectivity index (χ4n) is 3.38. The Morgan fingerprint density at radius 1 is 1.14 bits per heavy atom. The molecular weight excluding hydrogens is 374 g/mol. The smallest absolute Gasteiger partial charge is 0.309 e. The average molecular weight is 402 g/mol. The zero-order chi connectivity index (χ0) is 19.9. The van der Waals surface area contributed by atoms with E-state index in [4.69, 9.17) is 4.74 Å². The van der Waals surface area contributed by atoms with E-state index >= 15 is 0 Å². The van der Waals surface area contributed by atoms with Gasteiger partial charge in [0.25, 0.3) is 0 Å². The monoisotopic (exact) mass is 401 g/mol. The molecule has 6 nitrogen and oxygen atoms in total. The van der Waals surface area contributed by atoms with Crippen LogP contribution in [0.25, 0.3) is 0 Å². The van der Waals surface area contributed by atoms with Gasteiger partial charge in [-0.25, -0.2) is 0 Å². The van der Waals surface area contributed by atoms with Crippen molar-refractivity contribution in [3.63, 3.8) is 0 Å². The molecular formula is C21H27N3O3S. The van der Waals surface area contributed by atoms with Gasteiger partial charge < -0.3 is 15.4 Å². The molecule has 1 saturated heterocycles. The molecule has 1 aromatic carbocycles. The van der Waals surface area contributed by atoms with E-state index < -0.39 is 11.8 Å². The van der Waals surface area contributed by atoms with Gasteiger partial charge in [-0.15, -0.1) is 11.3 Å². The SMILES string of the molecule is Cc1ccc(CNC(=O)C(=O)NC(C)C(c2cccs2)N2CCOCC2)cc1. The second-order valence-electron chi connectivity index (χ2n) is 7.04. The van der Waals surface area contributed by atoms with E-state index in [-0.39, 0.29) is 12.1 Å². The van der Waals surface area contributed by atoms with E-state index in [0.29, 0.717) is 19.8 Å². The van der Waals surface area contributed by atoms with Crippen molar-refractivity contribution in [3.8, 4) is 0 Å². The zero-order valence-electron chi connectivity index (χ0n) is 16.3. The second kappa shape index (κ2) is 9.82. The molecule has 1 fully saturated rings. The van der Waals surface area contributed by atoms with E-state index in [1.165, 1.54) is 4.88 Å². The lowest BCUT2D eigenvalue weighted by molar-refractivity contribution is -0.140. The van der Waals surface area contributed by atoms with Crippen LogP contribution in [0.15, 0.2) is 41.8 Å². The summed E-state index contributed by atoms with van der Waals surface area (Å²) in [7, 11) is 0. The van der Waals surface area contributed by atoms with Gasteiger partial charge in [0.2, 0.25) is 0 Å². The number of benzene rings is 1. The Morgan fingerprint density at radius 3 is 2.50 bits per heavy atom. The Labute approximate surface area is 169 Å². The summed E-state index contributed by atoms with van der Waals surface area (Å²) >= 11 is 1.66. The van der Waals surface area contributed by atoms with Crippen LogP contribution in [0.4, 0.5) is 0 Å². The van der Waals surface area contributed by atoms with Gasteiger partial charge in [-0.1, -0.05) is 35.9 Å². The Balaban J connectivity index is 1.58. The van der Waals surface area contributed by atoms with Crippen LogP contribution in [0.5, 0.6) is 0 Å². The van der Waals surface area contributed by atoms with E-state index in [9.17, 15) is 9.59 Å². The molecule has 0 spiro atoms. The summed E-state index contributed by atoms with van der Waals surface area (Å²) in [5, 5.41) is 7.61. The number of rotatable bonds is 6. The molecule has 1 aliphatic rings. The molecule has 1 aromatic heterocycles. The van der Waals surface area contributed by atoms with Crippen LogP contribution in [-0.2, 0) is 20.9 Å². The van der Waals surface area contributed by atoms with E-state index in [1.54, 1.807) is 11.3 Å². The minimum atomic E-state index is -0.612. The third-order valence-corrected chi connectivity index (χ3v) is 5.83. The molecule has 2 heterocycles. The third-order valence-electron chi connectivity index (χ3n) is 4.89. The van der Waals surface area contributed by atoms with Crippen molar-refractivity contribution in [2.24, 2.45) is 0 Å². The minimum Gasteiger partial charge on any atom is -0.379 e. The maximum atomic E-state index is 12.4. The molecule has 3 rings (SSSR count). The van der Waals surface area contributed by atoms with Crippen molar-refractivity contribution < 1.29 is 14.3 Å². The number of nitrogens with zero attached hydrogens (tertiary/aromatic N) is 1. The molecule has 0 aliphatic carbocycles. The van der Waals surface area contributed by atoms with Crippen molar-refractivity contribution in [3.05, 3.63) is 57.8 Å². The Bertz CT molecular complexity index is 771. The van der Waals surface area contributed by atoms with Crippen LogP contribution in [0.1, 0.15) is 29.0 Å². The number of aryl methyl sites for hydroxylation is 1. The topological polar surface area (TPSA) is 70.7 Å². The summed E-state index contributed by atoms with van der Waals surface area (Å²) in [5.74, 6) is -1.21. The molecule has 2 atom stereocenters. The van der Waals surface area contributed by atoms with Gasteiger partial charge in [-0.05, 0) is 30.9 Å². The summed E-state index contributed by atoms with van der Waals surface area (Å²) in [6.45, 7) is 7.27. The molecule has 0 bridgehead atoms. The number of carbonyl (C=O) groups is 2. The first-order valence-electron chi connectivity index (χ1n) is 9.54. The number of carbonyl (C=O) groups excluding carboxylic acids is 2. The maximum Gasteiger partial charge on any atom is 0.309 e. The van der Waals surface area contributed by atoms with Crippen LogP contribution in [0, 0.1) is 6.92 Å². The summed E-state index contributed by atoms with van der Waals surface area (Å²) in [5.41, 5.74) is 2.12.